The number of nitrogens with zero attached hydrogens (tertiary/aromatic N) is 1. The number of hydrogen-bond acceptors (Lipinski definition) is 6. The Balaban J connectivity index is 2.32. The summed E-state index contributed by atoms with van der Waals surface area (Å²) < 4.78 is 0. The number of amides is 4. The summed E-state index contributed by atoms with van der Waals surface area (Å²) in [5.41, 5.74) is -0.236. The molecule has 1 aromatic rings. The van der Waals surface area contributed by atoms with Crippen LogP contribution >= 0.6 is 11.6 Å². The summed E-state index contributed by atoms with van der Waals surface area (Å²) in [4.78, 5) is 75.8. The highest BCUT2D eigenvalue weighted by atomic mass is 35.5. The molecule has 1 saturated heterocycles. The van der Waals surface area contributed by atoms with Gasteiger partial charge in [-0.25, -0.2) is 0 Å². The van der Waals surface area contributed by atoms with Crippen LogP contribution in [-0.4, -0.2) is 70.1 Å². The van der Waals surface area contributed by atoms with Gasteiger partial charge < -0.3 is 30.8 Å². The standard InChI is InChI=1S/C27H37ClN4O7/c1-7-20(34)29-16-8-9-18(19(28)11-16)24(37)31-23(27(4,5)6)26(39)32-15(3)10-14(2)22(32)25(38)30-17(13-33)12-21(35)36/h8-9,11,13-15,17,22-23H,7,10,12H2,1-6H3,(H,29,34)(H,30,38)(H,31,37)(H,35,36). The topological polar surface area (TPSA) is 162 Å². The number of halogens is 1. The van der Waals surface area contributed by atoms with Gasteiger partial charge in [0.05, 0.1) is 23.0 Å². The fourth-order valence-corrected chi connectivity index (χ4v) is 4.96. The number of anilines is 1. The first-order chi connectivity index (χ1) is 18.1. The molecule has 4 N–H and O–H groups in total. The molecule has 214 valence electrons. The van der Waals surface area contributed by atoms with Gasteiger partial charge in [-0.2, -0.15) is 0 Å². The Morgan fingerprint density at radius 1 is 1.15 bits per heavy atom. The van der Waals surface area contributed by atoms with Gasteiger partial charge in [-0.1, -0.05) is 46.2 Å². The lowest BCUT2D eigenvalue weighted by molar-refractivity contribution is -0.145. The van der Waals surface area contributed by atoms with Crippen LogP contribution in [0.5, 0.6) is 0 Å². The number of carbonyl (C=O) groups is 6. The molecular formula is C27H37ClN4O7. The third-order valence-corrected chi connectivity index (χ3v) is 6.96. The molecular weight excluding hydrogens is 528 g/mol. The van der Waals surface area contributed by atoms with E-state index in [-0.39, 0.29) is 34.9 Å². The molecule has 1 heterocycles. The number of aldehydes is 1. The maximum absolute atomic E-state index is 13.9. The number of hydrogen-bond donors (Lipinski definition) is 4. The number of rotatable bonds is 10. The fourth-order valence-electron chi connectivity index (χ4n) is 4.69. The molecule has 0 saturated carbocycles. The highest BCUT2D eigenvalue weighted by Gasteiger charge is 2.48. The largest absolute Gasteiger partial charge is 0.481 e. The van der Waals surface area contributed by atoms with Gasteiger partial charge in [0.2, 0.25) is 17.7 Å². The SMILES string of the molecule is CCC(=O)Nc1ccc(C(=O)NC(C(=O)N2C(C)CC(C)C2C(=O)NC(C=O)CC(=O)O)C(C)(C)C)c(Cl)c1. The van der Waals surface area contributed by atoms with Crippen LogP contribution in [0.2, 0.25) is 5.02 Å². The summed E-state index contributed by atoms with van der Waals surface area (Å²) in [6.45, 7) is 10.6. The molecule has 5 atom stereocenters. The average Bonchev–Trinajstić information content (AvgIpc) is 3.13. The zero-order valence-corrected chi connectivity index (χ0v) is 23.8. The van der Waals surface area contributed by atoms with Crippen molar-refractivity contribution in [3.05, 3.63) is 28.8 Å². The molecule has 1 fully saturated rings. The van der Waals surface area contributed by atoms with Crippen molar-refractivity contribution < 1.29 is 33.9 Å². The maximum Gasteiger partial charge on any atom is 0.305 e. The Bertz CT molecular complexity index is 1130. The van der Waals surface area contributed by atoms with Gasteiger partial charge in [0.1, 0.15) is 18.4 Å². The first-order valence-corrected chi connectivity index (χ1v) is 13.2. The van der Waals surface area contributed by atoms with Crippen molar-refractivity contribution >= 4 is 53.2 Å². The van der Waals surface area contributed by atoms with Gasteiger partial charge in [0.15, 0.2) is 0 Å². The first-order valence-electron chi connectivity index (χ1n) is 12.8. The number of carbonyl (C=O) groups excluding carboxylic acids is 5. The van der Waals surface area contributed by atoms with Crippen LogP contribution in [0.4, 0.5) is 5.69 Å². The van der Waals surface area contributed by atoms with Crippen LogP contribution in [0.1, 0.15) is 71.2 Å². The molecule has 0 bridgehead atoms. The smallest absolute Gasteiger partial charge is 0.305 e. The summed E-state index contributed by atoms with van der Waals surface area (Å²) in [7, 11) is 0. The van der Waals surface area contributed by atoms with E-state index in [1.54, 1.807) is 41.5 Å². The fraction of sp³-hybridized carbons (Fsp3) is 0.556. The molecule has 11 nitrogen and oxygen atoms in total. The van der Waals surface area contributed by atoms with Crippen molar-refractivity contribution in [3.8, 4) is 0 Å². The van der Waals surface area contributed by atoms with Crippen molar-refractivity contribution in [2.75, 3.05) is 5.32 Å². The van der Waals surface area contributed by atoms with Gasteiger partial charge in [0, 0.05) is 18.2 Å². The Labute approximate surface area is 233 Å². The second-order valence-electron chi connectivity index (χ2n) is 11.0. The molecule has 0 spiro atoms. The average molecular weight is 565 g/mol. The molecule has 0 aliphatic carbocycles. The first kappa shape index (κ1) is 31.7. The highest BCUT2D eigenvalue weighted by molar-refractivity contribution is 6.34. The van der Waals surface area contributed by atoms with E-state index in [1.165, 1.54) is 23.1 Å². The summed E-state index contributed by atoms with van der Waals surface area (Å²) in [5, 5.41) is 17.0. The predicted octanol–water partition coefficient (Wildman–Crippen LogP) is 2.62. The van der Waals surface area contributed by atoms with Gasteiger partial charge in [-0.05, 0) is 42.9 Å². The molecule has 2 rings (SSSR count). The molecule has 5 unspecified atom stereocenters. The van der Waals surface area contributed by atoms with Crippen LogP contribution < -0.4 is 16.0 Å². The molecule has 0 aromatic heterocycles. The molecule has 39 heavy (non-hydrogen) atoms. The quantitative estimate of drug-likeness (QED) is 0.317. The van der Waals surface area contributed by atoms with Gasteiger partial charge in [-0.3, -0.25) is 24.0 Å². The summed E-state index contributed by atoms with van der Waals surface area (Å²) >= 11 is 6.33. The Hall–Kier alpha value is -3.47. The second-order valence-corrected chi connectivity index (χ2v) is 11.4. The van der Waals surface area contributed by atoms with Crippen molar-refractivity contribution in [2.45, 2.75) is 85.0 Å². The number of nitrogens with one attached hydrogen (secondary N) is 3. The zero-order valence-electron chi connectivity index (χ0n) is 23.0. The second kappa shape index (κ2) is 13.1. The van der Waals surface area contributed by atoms with E-state index in [9.17, 15) is 28.8 Å². The number of likely N-dealkylation sites (tertiary alicyclic amines) is 1. The van der Waals surface area contributed by atoms with Crippen molar-refractivity contribution in [2.24, 2.45) is 11.3 Å². The predicted molar refractivity (Wildman–Crippen MR) is 145 cm³/mol. The van der Waals surface area contributed by atoms with Crippen molar-refractivity contribution in [3.63, 3.8) is 0 Å². The highest BCUT2D eigenvalue weighted by Crippen LogP contribution is 2.33. The van der Waals surface area contributed by atoms with Gasteiger partial charge >= 0.3 is 5.97 Å². The number of aliphatic carboxylic acids is 1. The summed E-state index contributed by atoms with van der Waals surface area (Å²) in [6, 6.07) is 0.826. The van der Waals surface area contributed by atoms with Crippen LogP contribution in [-0.2, 0) is 24.0 Å². The summed E-state index contributed by atoms with van der Waals surface area (Å²) in [6.07, 6.45) is 0.539. The lowest BCUT2D eigenvalue weighted by atomic mass is 9.85. The minimum Gasteiger partial charge on any atom is -0.481 e. The molecule has 1 aliphatic heterocycles. The lowest BCUT2D eigenvalue weighted by Crippen LogP contribution is -2.60. The monoisotopic (exact) mass is 564 g/mol. The normalized spacial score (nSPS) is 20.5. The van der Waals surface area contributed by atoms with Crippen LogP contribution in [0.3, 0.4) is 0 Å². The van der Waals surface area contributed by atoms with Crippen LogP contribution in [0.25, 0.3) is 0 Å². The lowest BCUT2D eigenvalue weighted by Gasteiger charge is -2.38. The minimum atomic E-state index is -1.25. The van der Waals surface area contributed by atoms with E-state index in [1.807, 2.05) is 0 Å². The Kier molecular flexibility index (Phi) is 10.6. The third kappa shape index (κ3) is 8.01. The summed E-state index contributed by atoms with van der Waals surface area (Å²) in [5.74, 6) is -3.47. The van der Waals surface area contributed by atoms with Crippen molar-refractivity contribution in [1.82, 2.24) is 15.5 Å². The minimum absolute atomic E-state index is 0.0836. The van der Waals surface area contributed by atoms with E-state index in [0.29, 0.717) is 18.4 Å². The molecule has 1 aromatic carbocycles. The van der Waals surface area contributed by atoms with E-state index < -0.39 is 53.7 Å². The number of benzene rings is 1. The third-order valence-electron chi connectivity index (χ3n) is 6.64. The Morgan fingerprint density at radius 3 is 2.31 bits per heavy atom. The molecule has 0 radical (unpaired) electrons. The van der Waals surface area contributed by atoms with E-state index in [2.05, 4.69) is 16.0 Å². The Morgan fingerprint density at radius 2 is 1.79 bits per heavy atom. The zero-order chi connectivity index (χ0) is 29.7. The number of carboxylic acids is 1. The van der Waals surface area contributed by atoms with E-state index in [4.69, 9.17) is 16.7 Å². The van der Waals surface area contributed by atoms with E-state index in [0.717, 1.165) is 0 Å². The number of carboxylic acid groups (broad SMARTS) is 1. The van der Waals surface area contributed by atoms with Crippen LogP contribution in [0.15, 0.2) is 18.2 Å². The van der Waals surface area contributed by atoms with Gasteiger partial charge in [-0.15, -0.1) is 0 Å². The van der Waals surface area contributed by atoms with Crippen LogP contribution in [0, 0.1) is 11.3 Å². The van der Waals surface area contributed by atoms with E-state index >= 15 is 0 Å². The molecule has 4 amide bonds. The van der Waals surface area contributed by atoms with Crippen molar-refractivity contribution in [1.29, 1.82) is 0 Å². The molecule has 1 aliphatic rings. The van der Waals surface area contributed by atoms with Gasteiger partial charge in [0.25, 0.3) is 5.91 Å². The molecule has 12 heteroatoms. The maximum atomic E-state index is 13.9.